The molecule has 0 radical (unpaired) electrons. The lowest BCUT2D eigenvalue weighted by Crippen LogP contribution is -2.26. The zero-order valence-electron chi connectivity index (χ0n) is 7.32. The Balaban J connectivity index is 3.31. The SMILES string of the molecule is CCCN(C)CCOC(F)(F)F. The first-order valence-corrected chi connectivity index (χ1v) is 3.85. The van der Waals surface area contributed by atoms with Crippen LogP contribution < -0.4 is 0 Å². The van der Waals surface area contributed by atoms with Gasteiger partial charge in [0, 0.05) is 6.54 Å². The van der Waals surface area contributed by atoms with E-state index in [1.54, 1.807) is 11.9 Å². The average molecular weight is 185 g/mol. The molecule has 74 valence electrons. The van der Waals surface area contributed by atoms with Gasteiger partial charge in [0.15, 0.2) is 0 Å². The van der Waals surface area contributed by atoms with E-state index in [1.165, 1.54) is 0 Å². The van der Waals surface area contributed by atoms with Crippen molar-refractivity contribution in [1.29, 1.82) is 0 Å². The van der Waals surface area contributed by atoms with Gasteiger partial charge >= 0.3 is 6.36 Å². The fraction of sp³-hybridized carbons (Fsp3) is 1.00. The van der Waals surface area contributed by atoms with Crippen LogP contribution in [-0.2, 0) is 4.74 Å². The summed E-state index contributed by atoms with van der Waals surface area (Å²) in [7, 11) is 1.77. The number of alkyl halides is 3. The predicted octanol–water partition coefficient (Wildman–Crippen LogP) is 1.86. The van der Waals surface area contributed by atoms with E-state index < -0.39 is 6.36 Å². The van der Waals surface area contributed by atoms with Crippen LogP contribution >= 0.6 is 0 Å². The molecule has 0 aliphatic carbocycles. The lowest BCUT2D eigenvalue weighted by molar-refractivity contribution is -0.324. The van der Waals surface area contributed by atoms with Crippen LogP contribution in [0.15, 0.2) is 0 Å². The lowest BCUT2D eigenvalue weighted by atomic mass is 10.4. The minimum atomic E-state index is -4.49. The van der Waals surface area contributed by atoms with E-state index in [2.05, 4.69) is 4.74 Å². The maximum absolute atomic E-state index is 11.5. The Morgan fingerprint density at radius 2 is 1.83 bits per heavy atom. The Bertz CT molecular complexity index is 116. The second kappa shape index (κ2) is 5.37. The molecule has 0 spiro atoms. The summed E-state index contributed by atoms with van der Waals surface area (Å²) in [5.74, 6) is 0. The van der Waals surface area contributed by atoms with E-state index in [0.717, 1.165) is 13.0 Å². The van der Waals surface area contributed by atoms with Crippen molar-refractivity contribution in [2.75, 3.05) is 26.7 Å². The van der Waals surface area contributed by atoms with Gasteiger partial charge in [-0.15, -0.1) is 13.2 Å². The van der Waals surface area contributed by atoms with Crippen LogP contribution in [0.2, 0.25) is 0 Å². The van der Waals surface area contributed by atoms with Gasteiger partial charge in [-0.1, -0.05) is 6.92 Å². The first-order valence-electron chi connectivity index (χ1n) is 3.85. The topological polar surface area (TPSA) is 12.5 Å². The van der Waals surface area contributed by atoms with Gasteiger partial charge in [0.05, 0.1) is 6.61 Å². The monoisotopic (exact) mass is 185 g/mol. The molecule has 0 aromatic carbocycles. The Hall–Kier alpha value is -0.290. The fourth-order valence-corrected chi connectivity index (χ4v) is 0.811. The van der Waals surface area contributed by atoms with E-state index in [0.29, 0.717) is 6.54 Å². The Labute approximate surface area is 70.3 Å². The van der Waals surface area contributed by atoms with Crippen molar-refractivity contribution in [2.45, 2.75) is 19.7 Å². The normalized spacial score (nSPS) is 12.5. The molecule has 0 aromatic heterocycles. The number of nitrogens with zero attached hydrogens (tertiary/aromatic N) is 1. The molecule has 0 heterocycles. The number of likely N-dealkylation sites (N-methyl/N-ethyl adjacent to an activating group) is 1. The zero-order valence-corrected chi connectivity index (χ0v) is 7.32. The molecule has 5 heteroatoms. The van der Waals surface area contributed by atoms with Gasteiger partial charge < -0.3 is 4.90 Å². The summed E-state index contributed by atoms with van der Waals surface area (Å²) in [6.07, 6.45) is -3.56. The minimum Gasteiger partial charge on any atom is -0.304 e. The van der Waals surface area contributed by atoms with Crippen molar-refractivity contribution in [3.63, 3.8) is 0 Å². The van der Waals surface area contributed by atoms with Gasteiger partial charge in [0.25, 0.3) is 0 Å². The molecule has 0 aromatic rings. The number of hydrogen-bond donors (Lipinski definition) is 0. The summed E-state index contributed by atoms with van der Waals surface area (Å²) in [6.45, 7) is 2.79. The molecule has 0 unspecified atom stereocenters. The van der Waals surface area contributed by atoms with Crippen molar-refractivity contribution < 1.29 is 17.9 Å². The van der Waals surface area contributed by atoms with Crippen molar-refractivity contribution >= 4 is 0 Å². The number of hydrogen-bond acceptors (Lipinski definition) is 2. The molecule has 0 fully saturated rings. The quantitative estimate of drug-likeness (QED) is 0.648. The van der Waals surface area contributed by atoms with Crippen molar-refractivity contribution in [3.8, 4) is 0 Å². The van der Waals surface area contributed by atoms with E-state index in [-0.39, 0.29) is 6.61 Å². The third-order valence-electron chi connectivity index (χ3n) is 1.34. The summed E-state index contributed by atoms with van der Waals surface area (Å²) in [6, 6.07) is 0. The maximum Gasteiger partial charge on any atom is 0.522 e. The highest BCUT2D eigenvalue weighted by molar-refractivity contribution is 4.48. The highest BCUT2D eigenvalue weighted by Gasteiger charge is 2.28. The third-order valence-corrected chi connectivity index (χ3v) is 1.34. The summed E-state index contributed by atoms with van der Waals surface area (Å²) in [5.41, 5.74) is 0. The second-order valence-corrected chi connectivity index (χ2v) is 2.60. The molecule has 0 bridgehead atoms. The number of halogens is 3. The Morgan fingerprint density at radius 3 is 2.25 bits per heavy atom. The molecule has 0 amide bonds. The lowest BCUT2D eigenvalue weighted by Gasteiger charge is -2.15. The highest BCUT2D eigenvalue weighted by atomic mass is 19.4. The molecule has 0 N–H and O–H groups in total. The minimum absolute atomic E-state index is 0.292. The van der Waals surface area contributed by atoms with E-state index in [9.17, 15) is 13.2 Å². The first kappa shape index (κ1) is 11.7. The van der Waals surface area contributed by atoms with Gasteiger partial charge in [-0.05, 0) is 20.0 Å². The molecule has 12 heavy (non-hydrogen) atoms. The van der Waals surface area contributed by atoms with Gasteiger partial charge in [-0.3, -0.25) is 4.74 Å². The maximum atomic E-state index is 11.5. The molecule has 0 aliphatic rings. The predicted molar refractivity (Wildman–Crippen MR) is 39.8 cm³/mol. The smallest absolute Gasteiger partial charge is 0.304 e. The second-order valence-electron chi connectivity index (χ2n) is 2.60. The van der Waals surface area contributed by atoms with E-state index in [1.807, 2.05) is 6.92 Å². The van der Waals surface area contributed by atoms with E-state index in [4.69, 9.17) is 0 Å². The first-order chi connectivity index (χ1) is 5.45. The van der Waals surface area contributed by atoms with Gasteiger partial charge in [-0.25, -0.2) is 0 Å². The van der Waals surface area contributed by atoms with Crippen LogP contribution in [0, 0.1) is 0 Å². The summed E-state index contributed by atoms with van der Waals surface area (Å²) >= 11 is 0. The fourth-order valence-electron chi connectivity index (χ4n) is 0.811. The summed E-state index contributed by atoms with van der Waals surface area (Å²) < 4.78 is 38.0. The van der Waals surface area contributed by atoms with Crippen LogP contribution in [0.3, 0.4) is 0 Å². The number of ether oxygens (including phenoxy) is 1. The van der Waals surface area contributed by atoms with Crippen LogP contribution in [0.1, 0.15) is 13.3 Å². The number of rotatable bonds is 5. The molecule has 0 aliphatic heterocycles. The van der Waals surface area contributed by atoms with Gasteiger partial charge in [-0.2, -0.15) is 0 Å². The van der Waals surface area contributed by atoms with Crippen LogP contribution in [-0.4, -0.2) is 38.0 Å². The zero-order chi connectivity index (χ0) is 9.61. The average Bonchev–Trinajstić information content (AvgIpc) is 1.84. The Kier molecular flexibility index (Phi) is 5.24. The molecule has 0 saturated heterocycles. The third kappa shape index (κ3) is 7.81. The highest BCUT2D eigenvalue weighted by Crippen LogP contribution is 2.15. The molecular weight excluding hydrogens is 171 g/mol. The summed E-state index contributed by atoms with van der Waals surface area (Å²) in [5, 5.41) is 0. The van der Waals surface area contributed by atoms with Gasteiger partial charge in [0.2, 0.25) is 0 Å². The molecule has 0 atom stereocenters. The van der Waals surface area contributed by atoms with Crippen LogP contribution in [0.4, 0.5) is 13.2 Å². The van der Waals surface area contributed by atoms with Crippen LogP contribution in [0.5, 0.6) is 0 Å². The molecule has 0 rings (SSSR count). The van der Waals surface area contributed by atoms with Crippen molar-refractivity contribution in [3.05, 3.63) is 0 Å². The van der Waals surface area contributed by atoms with Crippen molar-refractivity contribution in [1.82, 2.24) is 4.90 Å². The Morgan fingerprint density at radius 1 is 1.25 bits per heavy atom. The summed E-state index contributed by atoms with van der Waals surface area (Å²) in [4.78, 5) is 1.80. The van der Waals surface area contributed by atoms with Crippen molar-refractivity contribution in [2.24, 2.45) is 0 Å². The molecule has 2 nitrogen and oxygen atoms in total. The van der Waals surface area contributed by atoms with Gasteiger partial charge in [0.1, 0.15) is 0 Å². The molecule has 0 saturated carbocycles. The molecular formula is C7H14F3NO. The standard InChI is InChI=1S/C7H14F3NO/c1-3-4-11(2)5-6-12-7(8,9)10/h3-6H2,1-2H3. The van der Waals surface area contributed by atoms with E-state index >= 15 is 0 Å². The largest absolute Gasteiger partial charge is 0.522 e. The van der Waals surface area contributed by atoms with Crippen LogP contribution in [0.25, 0.3) is 0 Å².